The van der Waals surface area contributed by atoms with Gasteiger partial charge in [-0.3, -0.25) is 5.10 Å². The topological polar surface area (TPSA) is 92.5 Å². The van der Waals surface area contributed by atoms with E-state index in [-0.39, 0.29) is 5.92 Å². The first-order chi connectivity index (χ1) is 8.38. The van der Waals surface area contributed by atoms with Crippen LogP contribution in [0.1, 0.15) is 11.8 Å². The van der Waals surface area contributed by atoms with Gasteiger partial charge in [-0.05, 0) is 7.05 Å². The molecule has 17 heavy (non-hydrogen) atoms. The molecule has 2 unspecified atom stereocenters. The van der Waals surface area contributed by atoms with Crippen molar-refractivity contribution in [3.05, 3.63) is 12.2 Å². The lowest BCUT2D eigenvalue weighted by atomic mass is 10.0. The quantitative estimate of drug-likeness (QED) is 0.810. The molecule has 1 aliphatic heterocycles. The molecule has 1 fully saturated rings. The van der Waals surface area contributed by atoms with E-state index in [2.05, 4.69) is 30.6 Å². The van der Waals surface area contributed by atoms with E-state index in [1.54, 1.807) is 0 Å². The Bertz CT molecular complexity index is 483. The Kier molecular flexibility index (Phi) is 2.81. The van der Waals surface area contributed by atoms with Crippen molar-refractivity contribution in [1.29, 1.82) is 0 Å². The molecule has 0 radical (unpaired) electrons. The maximum atomic E-state index is 5.30. The number of aromatic amines is 1. The van der Waals surface area contributed by atoms with Crippen molar-refractivity contribution in [2.24, 2.45) is 0 Å². The minimum absolute atomic E-state index is 0.272. The monoisotopic (exact) mass is 252 g/mol. The van der Waals surface area contributed by atoms with Gasteiger partial charge in [0.15, 0.2) is 5.82 Å². The van der Waals surface area contributed by atoms with Gasteiger partial charge < -0.3 is 9.84 Å². The number of hydrogen-bond acceptors (Lipinski definition) is 7. The van der Waals surface area contributed by atoms with Crippen LogP contribution in [-0.2, 0) is 0 Å². The Morgan fingerprint density at radius 3 is 3.24 bits per heavy atom. The molecule has 2 aromatic rings. The van der Waals surface area contributed by atoms with Crippen molar-refractivity contribution >= 4 is 11.8 Å². The first-order valence-electron chi connectivity index (χ1n) is 5.33. The Hall–Kier alpha value is -1.41. The van der Waals surface area contributed by atoms with Gasteiger partial charge in [0, 0.05) is 17.5 Å². The van der Waals surface area contributed by atoms with Crippen LogP contribution >= 0.6 is 11.8 Å². The highest BCUT2D eigenvalue weighted by Gasteiger charge is 2.32. The van der Waals surface area contributed by atoms with Crippen LogP contribution < -0.4 is 5.32 Å². The van der Waals surface area contributed by atoms with Gasteiger partial charge in [-0.25, -0.2) is 4.98 Å². The zero-order valence-corrected chi connectivity index (χ0v) is 10.1. The Labute approximate surface area is 102 Å². The molecule has 3 heterocycles. The summed E-state index contributed by atoms with van der Waals surface area (Å²) in [6.45, 7) is 0. The average Bonchev–Trinajstić information content (AvgIpc) is 3.09. The van der Waals surface area contributed by atoms with E-state index >= 15 is 0 Å². The molecule has 3 rings (SSSR count). The lowest BCUT2D eigenvalue weighted by Crippen LogP contribution is -2.31. The minimum Gasteiger partial charge on any atom is -0.338 e. The normalized spacial score (nSPS) is 24.3. The largest absolute Gasteiger partial charge is 0.338 e. The third kappa shape index (κ3) is 1.93. The molecule has 90 valence electrons. The van der Waals surface area contributed by atoms with Gasteiger partial charge in [-0.1, -0.05) is 5.16 Å². The number of rotatable bonds is 3. The van der Waals surface area contributed by atoms with Crippen LogP contribution in [0.2, 0.25) is 0 Å². The van der Waals surface area contributed by atoms with Gasteiger partial charge in [0.2, 0.25) is 11.7 Å². The highest BCUT2D eigenvalue weighted by Crippen LogP contribution is 2.32. The Morgan fingerprint density at radius 1 is 1.53 bits per heavy atom. The molecule has 2 N–H and O–H groups in total. The molecule has 0 saturated carbocycles. The number of thioether (sulfide) groups is 1. The van der Waals surface area contributed by atoms with Crippen LogP contribution in [0.3, 0.4) is 0 Å². The summed E-state index contributed by atoms with van der Waals surface area (Å²) in [4.78, 5) is 8.36. The zero-order chi connectivity index (χ0) is 11.7. The number of likely N-dealkylation sites (N-methyl/N-ethyl adjacent to an activating group) is 1. The molecule has 2 atom stereocenters. The van der Waals surface area contributed by atoms with Gasteiger partial charge in [0.1, 0.15) is 6.33 Å². The molecule has 1 aliphatic rings. The first kappa shape index (κ1) is 10.7. The van der Waals surface area contributed by atoms with E-state index < -0.39 is 0 Å². The number of aromatic nitrogens is 5. The fourth-order valence-corrected chi connectivity index (χ4v) is 3.30. The van der Waals surface area contributed by atoms with Gasteiger partial charge >= 0.3 is 0 Å². The molecule has 0 aromatic carbocycles. The predicted octanol–water partition coefficient (Wildman–Crippen LogP) is 0.273. The minimum atomic E-state index is 0.272. The lowest BCUT2D eigenvalue weighted by molar-refractivity contribution is 0.344. The summed E-state index contributed by atoms with van der Waals surface area (Å²) in [6, 6.07) is 0.392. The summed E-state index contributed by atoms with van der Waals surface area (Å²) in [5, 5.41) is 13.7. The lowest BCUT2D eigenvalue weighted by Gasteiger charge is -2.12. The molecule has 0 aliphatic carbocycles. The maximum Gasteiger partial charge on any atom is 0.239 e. The second-order valence-electron chi connectivity index (χ2n) is 3.83. The molecule has 1 saturated heterocycles. The van der Waals surface area contributed by atoms with Crippen molar-refractivity contribution in [2.75, 3.05) is 18.6 Å². The molecular weight excluding hydrogens is 240 g/mol. The summed E-state index contributed by atoms with van der Waals surface area (Å²) in [6.07, 6.45) is 1.42. The summed E-state index contributed by atoms with van der Waals surface area (Å²) in [7, 11) is 1.96. The van der Waals surface area contributed by atoms with E-state index in [1.165, 1.54) is 6.33 Å². The fourth-order valence-electron chi connectivity index (χ4n) is 1.88. The summed E-state index contributed by atoms with van der Waals surface area (Å²) >= 11 is 1.89. The zero-order valence-electron chi connectivity index (χ0n) is 9.25. The van der Waals surface area contributed by atoms with E-state index in [9.17, 15) is 0 Å². The van der Waals surface area contributed by atoms with E-state index in [0.29, 0.717) is 23.6 Å². The van der Waals surface area contributed by atoms with Crippen LogP contribution in [0.4, 0.5) is 0 Å². The van der Waals surface area contributed by atoms with Gasteiger partial charge in [0.25, 0.3) is 0 Å². The molecule has 8 heteroatoms. The molecule has 7 nitrogen and oxygen atoms in total. The predicted molar refractivity (Wildman–Crippen MR) is 62.6 cm³/mol. The second-order valence-corrected chi connectivity index (χ2v) is 4.90. The van der Waals surface area contributed by atoms with Gasteiger partial charge in [0.05, 0.1) is 5.92 Å². The number of H-pyrrole nitrogens is 1. The van der Waals surface area contributed by atoms with Crippen molar-refractivity contribution in [3.63, 3.8) is 0 Å². The number of nitrogens with zero attached hydrogens (tertiary/aromatic N) is 4. The smallest absolute Gasteiger partial charge is 0.239 e. The average molecular weight is 252 g/mol. The Balaban J connectivity index is 1.85. The summed E-state index contributed by atoms with van der Waals surface area (Å²) in [5.41, 5.74) is 0. The maximum absolute atomic E-state index is 5.30. The van der Waals surface area contributed by atoms with Gasteiger partial charge in [-0.2, -0.15) is 21.8 Å². The fraction of sp³-hybridized carbons (Fsp3) is 0.556. The highest BCUT2D eigenvalue weighted by atomic mass is 32.2. The number of hydrogen-bond donors (Lipinski definition) is 2. The van der Waals surface area contributed by atoms with Crippen molar-refractivity contribution < 1.29 is 4.52 Å². The van der Waals surface area contributed by atoms with Crippen molar-refractivity contribution in [1.82, 2.24) is 30.6 Å². The second kappa shape index (κ2) is 4.46. The van der Waals surface area contributed by atoms with Crippen LogP contribution in [0.5, 0.6) is 0 Å². The van der Waals surface area contributed by atoms with E-state index in [4.69, 9.17) is 4.52 Å². The van der Waals surface area contributed by atoms with Crippen molar-refractivity contribution in [2.45, 2.75) is 12.0 Å². The van der Waals surface area contributed by atoms with Gasteiger partial charge in [-0.15, -0.1) is 0 Å². The Morgan fingerprint density at radius 2 is 2.47 bits per heavy atom. The van der Waals surface area contributed by atoms with Crippen LogP contribution in [0, 0.1) is 0 Å². The third-order valence-corrected chi connectivity index (χ3v) is 4.03. The highest BCUT2D eigenvalue weighted by molar-refractivity contribution is 7.99. The van der Waals surface area contributed by atoms with E-state index in [1.807, 2.05) is 18.8 Å². The third-order valence-electron chi connectivity index (χ3n) is 2.84. The SMILES string of the molecule is CNC1CSCC1c1nc(-c2ncn[nH]2)no1. The van der Waals surface area contributed by atoms with E-state index in [0.717, 1.165) is 11.5 Å². The first-order valence-corrected chi connectivity index (χ1v) is 6.48. The standard InChI is InChI=1S/C9H12N6OS/c1-10-6-3-17-2-5(6)9-13-8(15-16-9)7-11-4-12-14-7/h4-6,10H,2-3H2,1H3,(H,11,12,14). The van der Waals surface area contributed by atoms with Crippen LogP contribution in [0.25, 0.3) is 11.6 Å². The molecule has 0 spiro atoms. The van der Waals surface area contributed by atoms with Crippen LogP contribution in [0.15, 0.2) is 10.9 Å². The summed E-state index contributed by atoms with van der Waals surface area (Å²) in [5.74, 6) is 4.01. The molecule has 0 bridgehead atoms. The van der Waals surface area contributed by atoms with Crippen molar-refractivity contribution in [3.8, 4) is 11.6 Å². The molecule has 0 amide bonds. The molecular formula is C9H12N6OS. The molecule has 2 aromatic heterocycles. The van der Waals surface area contributed by atoms with Crippen LogP contribution in [-0.4, -0.2) is 49.9 Å². The number of nitrogens with one attached hydrogen (secondary N) is 2. The summed E-state index contributed by atoms with van der Waals surface area (Å²) < 4.78 is 5.30.